The van der Waals surface area contributed by atoms with E-state index in [9.17, 15) is 14.4 Å². The van der Waals surface area contributed by atoms with E-state index >= 15 is 0 Å². The second-order valence-corrected chi connectivity index (χ2v) is 13.5. The number of aryl methyl sites for hydroxylation is 1. The van der Waals surface area contributed by atoms with Crippen LogP contribution in [-0.2, 0) is 11.8 Å². The monoisotopic (exact) mass is 593 g/mol. The van der Waals surface area contributed by atoms with E-state index < -0.39 is 11.8 Å². The van der Waals surface area contributed by atoms with Crippen LogP contribution in [0.5, 0.6) is 0 Å². The largest absolute Gasteiger partial charge is 0.295 e. The van der Waals surface area contributed by atoms with Gasteiger partial charge in [-0.25, -0.2) is 0 Å². The first-order valence-corrected chi connectivity index (χ1v) is 14.6. The molecule has 2 aromatic carbocycles. The van der Waals surface area contributed by atoms with Crippen molar-refractivity contribution in [2.45, 2.75) is 78.1 Å². The number of carbonyl (C=O) groups excluding carboxylic acids is 3. The molecule has 1 saturated carbocycles. The molecule has 3 aliphatic rings. The normalized spacial score (nSPS) is 26.5. The quantitative estimate of drug-likeness (QED) is 0.154. The number of amides is 2. The van der Waals surface area contributed by atoms with Crippen molar-refractivity contribution in [2.24, 2.45) is 11.3 Å². The number of hydrogen-bond donors (Lipinski definition) is 0. The zero-order valence-electron chi connectivity index (χ0n) is 22.2. The van der Waals surface area contributed by atoms with E-state index in [2.05, 4.69) is 39.8 Å². The molecule has 0 N–H and O–H groups in total. The van der Waals surface area contributed by atoms with Gasteiger partial charge in [-0.2, -0.15) is 0 Å². The molecular weight excluding hydrogens is 564 g/mol. The van der Waals surface area contributed by atoms with Crippen LogP contribution < -0.4 is 0 Å². The lowest BCUT2D eigenvalue weighted by atomic mass is 9.49. The van der Waals surface area contributed by atoms with Crippen molar-refractivity contribution in [1.29, 1.82) is 0 Å². The predicted octanol–water partition coefficient (Wildman–Crippen LogP) is 8.93. The molecule has 4 nitrogen and oxygen atoms in total. The summed E-state index contributed by atoms with van der Waals surface area (Å²) in [7, 11) is 0. The molecule has 2 aromatic rings. The maximum atomic E-state index is 13.5. The van der Waals surface area contributed by atoms with Crippen LogP contribution in [-0.4, -0.2) is 29.0 Å². The van der Waals surface area contributed by atoms with Gasteiger partial charge in [0.25, 0.3) is 11.8 Å². The van der Waals surface area contributed by atoms with E-state index in [0.29, 0.717) is 0 Å². The maximum Gasteiger partial charge on any atom is 0.263 e. The number of benzene rings is 2. The lowest BCUT2D eigenvalue weighted by Crippen LogP contribution is -2.54. The highest BCUT2D eigenvalue weighted by Crippen LogP contribution is 2.58. The molecule has 2 amide bonds. The molecule has 3 atom stereocenters. The minimum Gasteiger partial charge on any atom is -0.295 e. The number of nitrogens with zero attached hydrogens (tertiary/aromatic N) is 1. The molecule has 2 aliphatic carbocycles. The SMILES string of the molecule is CC(=O)c1cc2c(cc1C(C)C)CC[C@H]1[C@](C)(CN3C(=O)c4c(Cl)c(Cl)c(Cl)c(Cl)c4C3=O)CCC[C@]21C. The highest BCUT2D eigenvalue weighted by Gasteiger charge is 2.54. The molecule has 0 saturated heterocycles. The van der Waals surface area contributed by atoms with Gasteiger partial charge in [-0.1, -0.05) is 86.6 Å². The fourth-order valence-corrected chi connectivity index (χ4v) is 8.55. The maximum absolute atomic E-state index is 13.5. The number of Topliss-reactive ketones (excluding diaryl/α,β-unsaturated/α-hetero) is 1. The van der Waals surface area contributed by atoms with Crippen molar-refractivity contribution in [3.05, 3.63) is 65.6 Å². The van der Waals surface area contributed by atoms with Gasteiger partial charge in [0.15, 0.2) is 5.78 Å². The van der Waals surface area contributed by atoms with Gasteiger partial charge in [-0.05, 0) is 78.0 Å². The lowest BCUT2D eigenvalue weighted by Gasteiger charge is -2.56. The molecular formula is C30H31Cl4NO3. The summed E-state index contributed by atoms with van der Waals surface area (Å²) in [6.45, 7) is 10.6. The third kappa shape index (κ3) is 3.97. The van der Waals surface area contributed by atoms with Crippen molar-refractivity contribution in [3.63, 3.8) is 0 Å². The van der Waals surface area contributed by atoms with E-state index in [1.54, 1.807) is 6.92 Å². The first kappa shape index (κ1) is 28.0. The van der Waals surface area contributed by atoms with E-state index in [1.807, 2.05) is 0 Å². The van der Waals surface area contributed by atoms with Crippen LogP contribution >= 0.6 is 46.4 Å². The zero-order valence-corrected chi connectivity index (χ0v) is 25.3. The number of rotatable bonds is 4. The molecule has 0 bridgehead atoms. The molecule has 1 fully saturated rings. The fraction of sp³-hybridized carbons (Fsp3) is 0.500. The molecule has 0 radical (unpaired) electrons. The Morgan fingerprint density at radius 3 is 2.08 bits per heavy atom. The van der Waals surface area contributed by atoms with Crippen LogP contribution in [0.25, 0.3) is 0 Å². The summed E-state index contributed by atoms with van der Waals surface area (Å²) in [4.78, 5) is 41.0. The zero-order chi connectivity index (χ0) is 27.9. The van der Waals surface area contributed by atoms with Crippen LogP contribution in [0.3, 0.4) is 0 Å². The Kier molecular flexibility index (Phi) is 6.99. The Morgan fingerprint density at radius 1 is 0.974 bits per heavy atom. The van der Waals surface area contributed by atoms with Gasteiger partial charge in [-0.3, -0.25) is 19.3 Å². The van der Waals surface area contributed by atoms with Gasteiger partial charge in [-0.15, -0.1) is 0 Å². The second kappa shape index (κ2) is 9.51. The summed E-state index contributed by atoms with van der Waals surface area (Å²) >= 11 is 25.2. The van der Waals surface area contributed by atoms with Crippen molar-refractivity contribution in [2.75, 3.05) is 6.54 Å². The molecule has 8 heteroatoms. The van der Waals surface area contributed by atoms with Gasteiger partial charge in [0.1, 0.15) is 0 Å². The van der Waals surface area contributed by atoms with E-state index in [4.69, 9.17) is 46.4 Å². The average Bonchev–Trinajstić information content (AvgIpc) is 3.10. The number of carbonyl (C=O) groups is 3. The van der Waals surface area contributed by atoms with Crippen molar-refractivity contribution in [1.82, 2.24) is 4.90 Å². The highest BCUT2D eigenvalue weighted by molar-refractivity contribution is 6.55. The van der Waals surface area contributed by atoms with Crippen LogP contribution in [0.1, 0.15) is 114 Å². The molecule has 0 aromatic heterocycles. The minimum atomic E-state index is -0.486. The molecule has 0 unspecified atom stereocenters. The van der Waals surface area contributed by atoms with Crippen LogP contribution in [0.4, 0.5) is 0 Å². The van der Waals surface area contributed by atoms with Gasteiger partial charge >= 0.3 is 0 Å². The summed E-state index contributed by atoms with van der Waals surface area (Å²) in [6, 6.07) is 4.38. The smallest absolute Gasteiger partial charge is 0.263 e. The summed E-state index contributed by atoms with van der Waals surface area (Å²) in [5, 5.41) is -0.135. The van der Waals surface area contributed by atoms with Crippen molar-refractivity contribution >= 4 is 64.0 Å². The van der Waals surface area contributed by atoms with Gasteiger partial charge < -0.3 is 0 Å². The molecule has 0 spiro atoms. The van der Waals surface area contributed by atoms with Gasteiger partial charge in [0.05, 0.1) is 31.2 Å². The topological polar surface area (TPSA) is 54.5 Å². The average molecular weight is 595 g/mol. The van der Waals surface area contributed by atoms with E-state index in [0.717, 1.165) is 43.2 Å². The Bertz CT molecular complexity index is 1370. The number of fused-ring (bicyclic) bond motifs is 4. The van der Waals surface area contributed by atoms with Crippen LogP contribution in [0.15, 0.2) is 12.1 Å². The van der Waals surface area contributed by atoms with Gasteiger partial charge in [0.2, 0.25) is 0 Å². The highest BCUT2D eigenvalue weighted by atomic mass is 35.5. The lowest BCUT2D eigenvalue weighted by molar-refractivity contribution is 0.00194. The number of halogens is 4. The van der Waals surface area contributed by atoms with Crippen molar-refractivity contribution < 1.29 is 14.4 Å². The molecule has 202 valence electrons. The summed E-state index contributed by atoms with van der Waals surface area (Å²) < 4.78 is 0. The minimum absolute atomic E-state index is 0.0255. The van der Waals surface area contributed by atoms with Crippen LogP contribution in [0.2, 0.25) is 20.1 Å². The Hall–Kier alpha value is -1.59. The van der Waals surface area contributed by atoms with Gasteiger partial charge in [0, 0.05) is 12.1 Å². The first-order chi connectivity index (χ1) is 17.7. The molecule has 1 heterocycles. The van der Waals surface area contributed by atoms with E-state index in [1.165, 1.54) is 16.0 Å². The summed E-state index contributed by atoms with van der Waals surface area (Å²) in [5.74, 6) is -0.418. The Morgan fingerprint density at radius 2 is 1.55 bits per heavy atom. The molecule has 1 aliphatic heterocycles. The summed E-state index contributed by atoms with van der Waals surface area (Å²) in [5.41, 5.74) is 3.99. The number of ketones is 1. The molecule has 38 heavy (non-hydrogen) atoms. The number of hydrogen-bond acceptors (Lipinski definition) is 3. The Labute approximate surface area is 243 Å². The second-order valence-electron chi connectivity index (χ2n) is 12.0. The van der Waals surface area contributed by atoms with Crippen molar-refractivity contribution in [3.8, 4) is 0 Å². The summed E-state index contributed by atoms with van der Waals surface area (Å²) in [6.07, 6.45) is 4.66. The number of imide groups is 1. The van der Waals surface area contributed by atoms with Crippen LogP contribution in [0, 0.1) is 11.3 Å². The van der Waals surface area contributed by atoms with E-state index in [-0.39, 0.29) is 66.2 Å². The fourth-order valence-electron chi connectivity index (χ4n) is 7.54. The Balaban J connectivity index is 1.55. The standard InChI is InChI=1S/C30H31Cl4NO3/c1-14(2)17-11-16-7-8-20-29(4,9-6-10-30(20,5)19(16)12-18(17)15(3)36)13-35-27(37)21-22(28(35)38)24(32)26(34)25(33)23(21)31/h11-12,14,20H,6-10,13H2,1-5H3/t20-,29-,30+/m0/s1. The molecule has 5 rings (SSSR count). The predicted molar refractivity (Wildman–Crippen MR) is 154 cm³/mol. The third-order valence-corrected chi connectivity index (χ3v) is 11.2. The third-order valence-electron chi connectivity index (χ3n) is 9.35. The first-order valence-electron chi connectivity index (χ1n) is 13.1.